The largest absolute Gasteiger partial charge is 0.405 e. The number of halogens is 4. The molecule has 4 fully saturated rings. The van der Waals surface area contributed by atoms with E-state index < -0.39 is 24.2 Å². The van der Waals surface area contributed by atoms with E-state index in [9.17, 15) is 27.6 Å². The number of carbonyl (C=O) groups is 2. The number of fused-ring (bicyclic) bond motifs is 1. The van der Waals surface area contributed by atoms with Crippen molar-refractivity contribution in [2.45, 2.75) is 60.4 Å². The fourth-order valence-corrected chi connectivity index (χ4v) is 7.22. The third-order valence-corrected chi connectivity index (χ3v) is 9.22. The second-order valence-electron chi connectivity index (χ2n) is 10.3. The fraction of sp³-hybridized carbons (Fsp3) is 0.727. The van der Waals surface area contributed by atoms with Crippen molar-refractivity contribution in [1.29, 1.82) is 0 Å². The number of alkyl halides is 3. The van der Waals surface area contributed by atoms with Crippen LogP contribution >= 0.6 is 23.4 Å². The molecule has 0 spiro atoms. The predicted octanol–water partition coefficient (Wildman–Crippen LogP) is -0.687. The number of nitrogens with zero attached hydrogens (tertiary/aromatic N) is 2. The number of piperazine rings is 1. The predicted molar refractivity (Wildman–Crippen MR) is 135 cm³/mol. The van der Waals surface area contributed by atoms with Crippen molar-refractivity contribution in [2.75, 3.05) is 32.7 Å². The van der Waals surface area contributed by atoms with Crippen molar-refractivity contribution in [2.24, 2.45) is 5.92 Å². The molecule has 5 rings (SSSR count). The van der Waals surface area contributed by atoms with Crippen LogP contribution in [0.2, 0.25) is 5.15 Å². The maximum Gasteiger partial charge on any atom is 0.405 e. The lowest BCUT2D eigenvalue weighted by Crippen LogP contribution is -2.63. The lowest BCUT2D eigenvalue weighted by molar-refractivity contribution is -0.160. The van der Waals surface area contributed by atoms with Crippen LogP contribution < -0.4 is 32.1 Å². The first kappa shape index (κ1) is 27.6. The van der Waals surface area contributed by atoms with Gasteiger partial charge < -0.3 is 26.2 Å². The average molecular weight is 579 g/mol. The molecule has 0 aliphatic carbocycles. The number of nitrogens with one attached hydrogen (secondary N) is 6. The molecule has 4 aliphatic rings. The molecule has 5 heterocycles. The van der Waals surface area contributed by atoms with Gasteiger partial charge in [0.25, 0.3) is 5.56 Å². The van der Waals surface area contributed by atoms with Crippen molar-refractivity contribution in [3.05, 3.63) is 27.1 Å². The summed E-state index contributed by atoms with van der Waals surface area (Å²) in [4.78, 5) is 40.3. The average Bonchev–Trinajstić information content (AvgIpc) is 3.43. The SMILES string of the molecule is CC1CC(c2cc(Cl)n[nH]c2=O)C(C(=O)NC2NC3CN(C(=O)C4CNC(C(F)(F)F)CN4)CC3S2)CN1. The number of hydrogen-bond acceptors (Lipinski definition) is 9. The van der Waals surface area contributed by atoms with Crippen LogP contribution in [-0.2, 0) is 9.59 Å². The van der Waals surface area contributed by atoms with Crippen molar-refractivity contribution in [3.8, 4) is 0 Å². The van der Waals surface area contributed by atoms with Crippen molar-refractivity contribution < 1.29 is 22.8 Å². The Morgan fingerprint density at radius 3 is 2.66 bits per heavy atom. The first-order valence-corrected chi connectivity index (χ1v) is 13.8. The Balaban J connectivity index is 1.15. The maximum atomic E-state index is 13.3. The van der Waals surface area contributed by atoms with Gasteiger partial charge in [-0.05, 0) is 19.4 Å². The molecule has 0 bridgehead atoms. The zero-order chi connectivity index (χ0) is 27.2. The summed E-state index contributed by atoms with van der Waals surface area (Å²) in [6.07, 6.45) is -3.78. The van der Waals surface area contributed by atoms with Gasteiger partial charge in [0.2, 0.25) is 11.8 Å². The van der Waals surface area contributed by atoms with Gasteiger partial charge in [-0.1, -0.05) is 11.6 Å². The number of hydrogen-bond donors (Lipinski definition) is 6. The number of H-pyrrole nitrogens is 1. The molecule has 210 valence electrons. The Morgan fingerprint density at radius 1 is 1.18 bits per heavy atom. The minimum absolute atomic E-state index is 0.0332. The zero-order valence-electron chi connectivity index (χ0n) is 20.5. The highest BCUT2D eigenvalue weighted by Crippen LogP contribution is 2.35. The molecule has 11 nitrogen and oxygen atoms in total. The standard InChI is InChI=1S/C22H30ClF3N8O3S/c1-9-2-10(11-3-17(23)32-33-19(11)36)12(4-27-9)18(35)31-21-30-14-7-34(8-15(14)38-21)20(37)13-5-29-16(6-28-13)22(24,25)26/h3,9-10,12-16,21,27-30H,2,4-8H2,1H3,(H,31,35)(H,33,36). The topological polar surface area (TPSA) is 143 Å². The molecule has 0 saturated carbocycles. The molecular formula is C22H30ClF3N8O3S. The molecular weight excluding hydrogens is 549 g/mol. The number of amides is 2. The van der Waals surface area contributed by atoms with E-state index in [2.05, 4.69) is 36.8 Å². The molecule has 38 heavy (non-hydrogen) atoms. The van der Waals surface area contributed by atoms with E-state index in [1.165, 1.54) is 17.8 Å². The molecule has 0 aromatic carbocycles. The normalized spacial score (nSPS) is 35.7. The molecule has 6 N–H and O–H groups in total. The number of aromatic amines is 1. The van der Waals surface area contributed by atoms with Gasteiger partial charge in [-0.2, -0.15) is 18.3 Å². The number of rotatable bonds is 4. The summed E-state index contributed by atoms with van der Waals surface area (Å²) < 4.78 is 38.6. The van der Waals surface area contributed by atoms with E-state index >= 15 is 0 Å². The van der Waals surface area contributed by atoms with Crippen molar-refractivity contribution in [3.63, 3.8) is 0 Å². The van der Waals surface area contributed by atoms with Crippen LogP contribution in [0.25, 0.3) is 0 Å². The third kappa shape index (κ3) is 5.82. The van der Waals surface area contributed by atoms with E-state index in [1.807, 2.05) is 6.92 Å². The fourth-order valence-electron chi connectivity index (χ4n) is 5.65. The summed E-state index contributed by atoms with van der Waals surface area (Å²) in [6.45, 7) is 2.80. The number of piperidine rings is 1. The summed E-state index contributed by atoms with van der Waals surface area (Å²) in [5.74, 6) is -1.25. The number of likely N-dealkylation sites (tertiary alicyclic amines) is 1. The van der Waals surface area contributed by atoms with Crippen LogP contribution in [-0.4, -0.2) is 101 Å². The van der Waals surface area contributed by atoms with Crippen LogP contribution in [0.3, 0.4) is 0 Å². The molecule has 16 heteroatoms. The van der Waals surface area contributed by atoms with Gasteiger partial charge in [-0.15, -0.1) is 11.8 Å². The maximum absolute atomic E-state index is 13.3. The van der Waals surface area contributed by atoms with Gasteiger partial charge in [0, 0.05) is 61.5 Å². The highest BCUT2D eigenvalue weighted by molar-refractivity contribution is 8.00. The Kier molecular flexibility index (Phi) is 7.95. The van der Waals surface area contributed by atoms with Gasteiger partial charge in [-0.25, -0.2) is 5.10 Å². The summed E-state index contributed by atoms with van der Waals surface area (Å²) in [7, 11) is 0. The quantitative estimate of drug-likeness (QED) is 0.274. The molecule has 1 aromatic heterocycles. The second kappa shape index (κ2) is 10.9. The van der Waals surface area contributed by atoms with Gasteiger partial charge in [-0.3, -0.25) is 19.7 Å². The van der Waals surface area contributed by atoms with Crippen LogP contribution in [0.4, 0.5) is 13.2 Å². The van der Waals surface area contributed by atoms with Gasteiger partial charge in [0.15, 0.2) is 0 Å². The smallest absolute Gasteiger partial charge is 0.339 e. The van der Waals surface area contributed by atoms with Crippen LogP contribution in [0.5, 0.6) is 0 Å². The highest BCUT2D eigenvalue weighted by Gasteiger charge is 2.47. The van der Waals surface area contributed by atoms with E-state index in [1.54, 1.807) is 4.90 Å². The van der Waals surface area contributed by atoms with E-state index in [-0.39, 0.29) is 64.4 Å². The molecule has 8 atom stereocenters. The minimum Gasteiger partial charge on any atom is -0.339 e. The van der Waals surface area contributed by atoms with Gasteiger partial charge in [0.1, 0.15) is 16.7 Å². The van der Waals surface area contributed by atoms with Crippen LogP contribution in [0.1, 0.15) is 24.8 Å². The Bertz CT molecular complexity index is 1100. The van der Waals surface area contributed by atoms with Crippen molar-refractivity contribution >= 4 is 35.2 Å². The Hall–Kier alpha value is -1.91. The van der Waals surface area contributed by atoms with Crippen LogP contribution in [0.15, 0.2) is 10.9 Å². The number of carbonyl (C=O) groups excluding carboxylic acids is 2. The molecule has 1 aromatic rings. The number of aromatic nitrogens is 2. The summed E-state index contributed by atoms with van der Waals surface area (Å²) >= 11 is 7.52. The molecule has 2 amide bonds. The lowest BCUT2D eigenvalue weighted by atomic mass is 9.79. The third-order valence-electron chi connectivity index (χ3n) is 7.67. The Labute approximate surface area is 225 Å². The monoisotopic (exact) mass is 578 g/mol. The Morgan fingerprint density at radius 2 is 1.97 bits per heavy atom. The minimum atomic E-state index is -4.36. The molecule has 4 aliphatic heterocycles. The highest BCUT2D eigenvalue weighted by atomic mass is 35.5. The van der Waals surface area contributed by atoms with Crippen molar-refractivity contribution in [1.82, 2.24) is 41.7 Å². The van der Waals surface area contributed by atoms with E-state index in [4.69, 9.17) is 11.6 Å². The molecule has 8 unspecified atom stereocenters. The summed E-state index contributed by atoms with van der Waals surface area (Å²) in [6, 6.07) is -0.804. The van der Waals surface area contributed by atoms with Gasteiger partial charge in [0.05, 0.1) is 12.0 Å². The second-order valence-corrected chi connectivity index (χ2v) is 12.0. The van der Waals surface area contributed by atoms with E-state index in [0.29, 0.717) is 31.6 Å². The first-order chi connectivity index (χ1) is 18.0. The lowest BCUT2D eigenvalue weighted by Gasteiger charge is -2.35. The summed E-state index contributed by atoms with van der Waals surface area (Å²) in [5, 5.41) is 21.1. The van der Waals surface area contributed by atoms with E-state index in [0.717, 1.165) is 0 Å². The zero-order valence-corrected chi connectivity index (χ0v) is 22.1. The van der Waals surface area contributed by atoms with Crippen LogP contribution in [0, 0.1) is 5.92 Å². The first-order valence-electron chi connectivity index (χ1n) is 12.5. The number of thioether (sulfide) groups is 1. The summed E-state index contributed by atoms with van der Waals surface area (Å²) in [5.41, 5.74) is -0.296. The van der Waals surface area contributed by atoms with Gasteiger partial charge >= 0.3 is 6.18 Å². The molecule has 4 saturated heterocycles. The molecule has 0 radical (unpaired) electrons.